The van der Waals surface area contributed by atoms with Gasteiger partial charge in [0.25, 0.3) is 0 Å². The van der Waals surface area contributed by atoms with Crippen molar-refractivity contribution in [1.29, 1.82) is 0 Å². The molecule has 4 nitrogen and oxygen atoms in total. The monoisotopic (exact) mass is 570 g/mol. The maximum atomic E-state index is 8.14. The number of nitrogens with zero attached hydrogens (tertiary/aromatic N) is 4. The molecule has 0 aliphatic carbocycles. The van der Waals surface area contributed by atoms with Crippen molar-refractivity contribution in [2.45, 2.75) is 79.6 Å². The van der Waals surface area contributed by atoms with E-state index in [2.05, 4.69) is 104 Å². The molecule has 0 saturated carbocycles. The normalized spacial score (nSPS) is 21.5. The van der Waals surface area contributed by atoms with Gasteiger partial charge in [-0.2, -0.15) is 0 Å². The van der Waals surface area contributed by atoms with E-state index in [1.165, 1.54) is 0 Å². The molecular formula is C25H42Cl2N4Ru. The second-order valence-corrected chi connectivity index (χ2v) is 23.1. The Morgan fingerprint density at radius 1 is 0.625 bits per heavy atom. The minimum absolute atomic E-state index is 0.330. The topological polar surface area (TPSA) is 13.0 Å². The summed E-state index contributed by atoms with van der Waals surface area (Å²) in [5.41, 5.74) is 1.10. The van der Waals surface area contributed by atoms with E-state index in [9.17, 15) is 0 Å². The number of hydrogen-bond donors (Lipinski definition) is 0. The van der Waals surface area contributed by atoms with Gasteiger partial charge >= 0.3 is 204 Å². The fraction of sp³-hybridized carbons (Fsp3) is 0.640. The van der Waals surface area contributed by atoms with Gasteiger partial charge in [0, 0.05) is 0 Å². The molecule has 2 aliphatic rings. The molecule has 0 bridgehead atoms. The summed E-state index contributed by atoms with van der Waals surface area (Å²) >= 11 is 0. The molecule has 1 aromatic rings. The third kappa shape index (κ3) is 4.82. The molecule has 0 amide bonds. The van der Waals surface area contributed by atoms with E-state index in [1.807, 2.05) is 6.07 Å². The standard InChI is InChI=1S/2C9H18N2.C7H6.2ClH.Ru/c2*1-8(2)10-5-6-11(7-10)9(3)4;1-7-5-3-2-4-6-7;;;/h2*8-9H,5-6H2,1-4H3;1-6H;2*1H;/q;;;;;+2/p-2. The Morgan fingerprint density at radius 3 is 1.22 bits per heavy atom. The van der Waals surface area contributed by atoms with Gasteiger partial charge in [-0.05, 0) is 0 Å². The molecule has 7 heteroatoms. The van der Waals surface area contributed by atoms with Gasteiger partial charge in [-0.15, -0.1) is 0 Å². The number of rotatable bonds is 5. The molecule has 0 N–H and O–H groups in total. The molecule has 0 aromatic heterocycles. The molecule has 32 heavy (non-hydrogen) atoms. The van der Waals surface area contributed by atoms with Crippen molar-refractivity contribution in [3.05, 3.63) is 35.9 Å². The van der Waals surface area contributed by atoms with Crippen LogP contribution in [0.25, 0.3) is 0 Å². The first-order valence-electron chi connectivity index (χ1n) is 11.8. The molecule has 0 unspecified atom stereocenters. The first-order valence-corrected chi connectivity index (χ1v) is 19.1. The SMILES string of the molecule is CC(C)N1CCN(C(C)C)[C]1=[Ru]([Cl])([Cl])(=[CH]c1ccccc1)=[C]1N(C(C)C)CCN1C(C)C. The summed E-state index contributed by atoms with van der Waals surface area (Å²) in [4.78, 5) is 9.92. The third-order valence-electron chi connectivity index (χ3n) is 6.25. The van der Waals surface area contributed by atoms with Gasteiger partial charge in [-0.25, -0.2) is 0 Å². The van der Waals surface area contributed by atoms with Gasteiger partial charge in [0.15, 0.2) is 0 Å². The molecular weight excluding hydrogens is 528 g/mol. The van der Waals surface area contributed by atoms with Crippen LogP contribution in [-0.2, 0) is 10.3 Å². The van der Waals surface area contributed by atoms with Crippen LogP contribution in [0.15, 0.2) is 30.3 Å². The number of halogens is 2. The molecule has 0 spiro atoms. The molecule has 0 radical (unpaired) electrons. The Morgan fingerprint density at radius 2 is 0.938 bits per heavy atom. The van der Waals surface area contributed by atoms with Crippen molar-refractivity contribution in [3.63, 3.8) is 0 Å². The second kappa shape index (κ2) is 9.86. The van der Waals surface area contributed by atoms with Crippen molar-refractivity contribution in [3.8, 4) is 0 Å². The van der Waals surface area contributed by atoms with Crippen LogP contribution >= 0.6 is 19.4 Å². The third-order valence-corrected chi connectivity index (χ3v) is 16.3. The van der Waals surface area contributed by atoms with Gasteiger partial charge in [0.2, 0.25) is 0 Å². The van der Waals surface area contributed by atoms with Gasteiger partial charge < -0.3 is 0 Å². The van der Waals surface area contributed by atoms with Crippen molar-refractivity contribution >= 4 is 32.7 Å². The summed E-state index contributed by atoms with van der Waals surface area (Å²) in [7, 11) is 11.8. The number of hydrogen-bond acceptors (Lipinski definition) is 4. The zero-order chi connectivity index (χ0) is 23.9. The van der Waals surface area contributed by atoms with Crippen LogP contribution in [-0.4, -0.2) is 83.3 Å². The van der Waals surface area contributed by atoms with E-state index < -0.39 is 10.3 Å². The molecule has 2 fully saturated rings. The summed E-state index contributed by atoms with van der Waals surface area (Å²) in [6.07, 6.45) is 0. The van der Waals surface area contributed by atoms with Crippen molar-refractivity contribution in [2.24, 2.45) is 0 Å². The molecule has 1 aromatic carbocycles. The Bertz CT molecular complexity index is 964. The van der Waals surface area contributed by atoms with Crippen LogP contribution in [0.2, 0.25) is 0 Å². The fourth-order valence-corrected chi connectivity index (χ4v) is 17.7. The Labute approximate surface area is 203 Å². The minimum atomic E-state index is -4.52. The van der Waals surface area contributed by atoms with Crippen LogP contribution in [0.4, 0.5) is 0 Å². The van der Waals surface area contributed by atoms with E-state index in [4.69, 9.17) is 19.4 Å². The summed E-state index contributed by atoms with van der Waals surface area (Å²) in [6.45, 7) is 21.9. The fourth-order valence-electron chi connectivity index (χ4n) is 4.61. The second-order valence-electron chi connectivity index (χ2n) is 9.94. The molecule has 2 heterocycles. The van der Waals surface area contributed by atoms with Crippen LogP contribution in [0.3, 0.4) is 0 Å². The molecule has 2 aliphatic heterocycles. The van der Waals surface area contributed by atoms with E-state index in [-0.39, 0.29) is 0 Å². The number of benzene rings is 1. The van der Waals surface area contributed by atoms with Crippen LogP contribution in [0.1, 0.15) is 61.0 Å². The van der Waals surface area contributed by atoms with E-state index in [1.54, 1.807) is 0 Å². The average Bonchev–Trinajstić information content (AvgIpc) is 3.35. The van der Waals surface area contributed by atoms with Crippen molar-refractivity contribution < 1.29 is 10.3 Å². The predicted octanol–water partition coefficient (Wildman–Crippen LogP) is 4.88. The van der Waals surface area contributed by atoms with E-state index in [0.29, 0.717) is 24.2 Å². The van der Waals surface area contributed by atoms with Crippen LogP contribution < -0.4 is 0 Å². The average molecular weight is 571 g/mol. The first-order chi connectivity index (χ1) is 14.9. The Hall–Kier alpha value is -0.127. The zero-order valence-electron chi connectivity index (χ0n) is 21.0. The van der Waals surface area contributed by atoms with Crippen LogP contribution in [0.5, 0.6) is 0 Å². The Balaban J connectivity index is 2.67. The predicted molar refractivity (Wildman–Crippen MR) is 141 cm³/mol. The van der Waals surface area contributed by atoms with Crippen LogP contribution in [0, 0.1) is 0 Å². The summed E-state index contributed by atoms with van der Waals surface area (Å²) in [5, 5.41) is 0. The Kier molecular flexibility index (Phi) is 8.15. The molecule has 2 saturated heterocycles. The quantitative estimate of drug-likeness (QED) is 0.468. The van der Waals surface area contributed by atoms with E-state index >= 15 is 0 Å². The van der Waals surface area contributed by atoms with Gasteiger partial charge in [0.05, 0.1) is 0 Å². The summed E-state index contributed by atoms with van der Waals surface area (Å²) in [6, 6.07) is 11.8. The van der Waals surface area contributed by atoms with Crippen molar-refractivity contribution in [2.75, 3.05) is 26.2 Å². The van der Waals surface area contributed by atoms with Gasteiger partial charge in [-0.3, -0.25) is 0 Å². The molecule has 184 valence electrons. The zero-order valence-corrected chi connectivity index (χ0v) is 24.3. The van der Waals surface area contributed by atoms with Gasteiger partial charge in [-0.1, -0.05) is 0 Å². The van der Waals surface area contributed by atoms with Gasteiger partial charge in [0.1, 0.15) is 0 Å². The molecule has 3 rings (SSSR count). The molecule has 0 atom stereocenters. The van der Waals surface area contributed by atoms with Crippen molar-refractivity contribution in [1.82, 2.24) is 19.6 Å². The van der Waals surface area contributed by atoms with E-state index in [0.717, 1.165) is 40.5 Å². The summed E-state index contributed by atoms with van der Waals surface area (Å²) < 4.78 is 4.58. The summed E-state index contributed by atoms with van der Waals surface area (Å²) in [5.74, 6) is 0. The maximum absolute atomic E-state index is 8.14. The first kappa shape index (κ1) is 26.5.